The van der Waals surface area contributed by atoms with E-state index in [2.05, 4.69) is 20.5 Å². The summed E-state index contributed by atoms with van der Waals surface area (Å²) in [6.07, 6.45) is 2.80. The lowest BCUT2D eigenvalue weighted by atomic mass is 10.0. The molecule has 10 nitrogen and oxygen atoms in total. The van der Waals surface area contributed by atoms with Crippen LogP contribution in [0.15, 0.2) is 42.7 Å². The van der Waals surface area contributed by atoms with Gasteiger partial charge in [0.2, 0.25) is 5.91 Å². The van der Waals surface area contributed by atoms with Gasteiger partial charge in [0.15, 0.2) is 0 Å². The number of likely N-dealkylation sites (tertiary alicyclic amines) is 1. The number of nitrogens with one attached hydrogen (secondary N) is 2. The molecule has 11 heteroatoms. The first-order valence-corrected chi connectivity index (χ1v) is 14.6. The fourth-order valence-electron chi connectivity index (χ4n) is 5.51. The Morgan fingerprint density at radius 1 is 1.07 bits per heavy atom. The Morgan fingerprint density at radius 3 is 2.45 bits per heavy atom. The first-order valence-electron chi connectivity index (χ1n) is 15.6. The van der Waals surface area contributed by atoms with Gasteiger partial charge in [-0.3, -0.25) is 14.7 Å². The number of aromatic nitrogens is 1. The molecule has 2 aliphatic heterocycles. The number of hydrogen-bond acceptors (Lipinski definition) is 6. The van der Waals surface area contributed by atoms with Crippen molar-refractivity contribution in [2.45, 2.75) is 64.1 Å². The van der Waals surface area contributed by atoms with Gasteiger partial charge in [-0.05, 0) is 69.7 Å². The lowest BCUT2D eigenvalue weighted by Crippen LogP contribution is -2.55. The second-order valence-corrected chi connectivity index (χ2v) is 12.1. The van der Waals surface area contributed by atoms with Crippen LogP contribution in [0.3, 0.4) is 0 Å². The number of rotatable bonds is 6. The SMILES string of the molecule is [2H]C1([2H])[C@H](C(=O)Nc2ccc(CNC(=O)N3CCC(N4CCN(C(=O)OC(C)(C)C)CC4)CC3)c(F)c2)[C@H]1c1cccnc1. The van der Waals surface area contributed by atoms with Gasteiger partial charge in [-0.15, -0.1) is 0 Å². The summed E-state index contributed by atoms with van der Waals surface area (Å²) >= 11 is 0. The number of nitrogens with zero attached hydrogens (tertiary/aromatic N) is 4. The number of urea groups is 1. The first kappa shape index (κ1) is 27.1. The lowest BCUT2D eigenvalue weighted by Gasteiger charge is -2.42. The van der Waals surface area contributed by atoms with Crippen LogP contribution >= 0.6 is 0 Å². The number of piperazine rings is 1. The molecule has 3 aliphatic rings. The van der Waals surface area contributed by atoms with Crippen molar-refractivity contribution in [3.05, 3.63) is 59.7 Å². The molecular weight excluding hydrogens is 539 g/mol. The molecule has 1 aromatic carbocycles. The number of halogens is 1. The van der Waals surface area contributed by atoms with Gasteiger partial charge in [-0.2, -0.15) is 0 Å². The van der Waals surface area contributed by atoms with Crippen LogP contribution in [0.1, 0.15) is 59.8 Å². The molecule has 1 aliphatic carbocycles. The highest BCUT2D eigenvalue weighted by atomic mass is 19.1. The Morgan fingerprint density at radius 2 is 1.81 bits per heavy atom. The smallest absolute Gasteiger partial charge is 0.410 e. The molecule has 0 unspecified atom stereocenters. The number of anilines is 1. The lowest BCUT2D eigenvalue weighted by molar-refractivity contribution is -0.117. The second-order valence-electron chi connectivity index (χ2n) is 12.1. The summed E-state index contributed by atoms with van der Waals surface area (Å²) in [4.78, 5) is 47.8. The summed E-state index contributed by atoms with van der Waals surface area (Å²) < 4.78 is 36.8. The van der Waals surface area contributed by atoms with Gasteiger partial charge in [-0.1, -0.05) is 12.1 Å². The molecule has 2 saturated heterocycles. The molecule has 2 aromatic rings. The Labute approximate surface area is 249 Å². The summed E-state index contributed by atoms with van der Waals surface area (Å²) in [6, 6.07) is 7.77. The number of benzene rings is 1. The van der Waals surface area contributed by atoms with Gasteiger partial charge < -0.3 is 25.2 Å². The third-order valence-corrected chi connectivity index (χ3v) is 7.89. The number of piperidine rings is 1. The van der Waals surface area contributed by atoms with Crippen molar-refractivity contribution in [3.8, 4) is 0 Å². The highest BCUT2D eigenvalue weighted by Gasteiger charge is 2.44. The molecule has 226 valence electrons. The maximum absolute atomic E-state index is 14.9. The fourth-order valence-corrected chi connectivity index (χ4v) is 5.51. The molecule has 0 bridgehead atoms. The van der Waals surface area contributed by atoms with Crippen molar-refractivity contribution >= 4 is 23.7 Å². The van der Waals surface area contributed by atoms with Crippen LogP contribution in [0.4, 0.5) is 19.7 Å². The molecule has 2 atom stereocenters. The van der Waals surface area contributed by atoms with Gasteiger partial charge in [0.1, 0.15) is 11.4 Å². The molecule has 3 heterocycles. The maximum atomic E-state index is 14.9. The Kier molecular flexibility index (Phi) is 8.17. The van der Waals surface area contributed by atoms with Crippen molar-refractivity contribution in [2.24, 2.45) is 5.92 Å². The Hall–Kier alpha value is -3.73. The van der Waals surface area contributed by atoms with Gasteiger partial charge in [0.05, 0.1) is 0 Å². The Balaban J connectivity index is 1.04. The molecule has 1 aromatic heterocycles. The number of pyridine rings is 1. The van der Waals surface area contributed by atoms with Crippen LogP contribution in [0, 0.1) is 11.7 Å². The molecule has 4 amide bonds. The van der Waals surface area contributed by atoms with E-state index in [4.69, 9.17) is 7.48 Å². The minimum Gasteiger partial charge on any atom is -0.444 e. The number of hydrogen-bond donors (Lipinski definition) is 2. The molecule has 42 heavy (non-hydrogen) atoms. The summed E-state index contributed by atoms with van der Waals surface area (Å²) in [5.41, 5.74) is 0.640. The van der Waals surface area contributed by atoms with E-state index in [1.165, 1.54) is 12.1 Å². The number of ether oxygens (including phenoxy) is 1. The van der Waals surface area contributed by atoms with Crippen molar-refractivity contribution < 1.29 is 26.3 Å². The number of carbonyl (C=O) groups excluding carboxylic acids is 3. The average molecular weight is 583 g/mol. The molecular formula is C31H41FN6O4. The third-order valence-electron chi connectivity index (χ3n) is 7.89. The van der Waals surface area contributed by atoms with Crippen LogP contribution in [0.2, 0.25) is 0 Å². The van der Waals surface area contributed by atoms with E-state index in [-0.39, 0.29) is 29.9 Å². The number of carbonyl (C=O) groups is 3. The predicted molar refractivity (Wildman–Crippen MR) is 156 cm³/mol. The summed E-state index contributed by atoms with van der Waals surface area (Å²) in [5.74, 6) is -2.58. The summed E-state index contributed by atoms with van der Waals surface area (Å²) in [5, 5.41) is 5.42. The summed E-state index contributed by atoms with van der Waals surface area (Å²) in [6.45, 7) is 9.52. The zero-order valence-corrected chi connectivity index (χ0v) is 24.4. The van der Waals surface area contributed by atoms with Gasteiger partial charge in [0.25, 0.3) is 0 Å². The van der Waals surface area contributed by atoms with Crippen LogP contribution in [-0.2, 0) is 16.1 Å². The van der Waals surface area contributed by atoms with Crippen molar-refractivity contribution in [1.82, 2.24) is 25.0 Å². The maximum Gasteiger partial charge on any atom is 0.410 e. The Bertz CT molecular complexity index is 1360. The van der Waals surface area contributed by atoms with Crippen LogP contribution in [0.25, 0.3) is 0 Å². The van der Waals surface area contributed by atoms with Crippen LogP contribution in [-0.4, -0.2) is 88.6 Å². The van der Waals surface area contributed by atoms with E-state index in [1.54, 1.807) is 40.4 Å². The van der Waals surface area contributed by atoms with E-state index in [0.717, 1.165) is 25.9 Å². The molecule has 0 radical (unpaired) electrons. The first-order chi connectivity index (χ1) is 20.8. The van der Waals surface area contributed by atoms with Crippen molar-refractivity contribution in [1.29, 1.82) is 0 Å². The number of amides is 4. The van der Waals surface area contributed by atoms with Crippen molar-refractivity contribution in [2.75, 3.05) is 44.6 Å². The largest absolute Gasteiger partial charge is 0.444 e. The van der Waals surface area contributed by atoms with Crippen LogP contribution in [0.5, 0.6) is 0 Å². The molecule has 0 spiro atoms. The highest BCUT2D eigenvalue weighted by molar-refractivity contribution is 5.95. The predicted octanol–water partition coefficient (Wildman–Crippen LogP) is 4.19. The highest BCUT2D eigenvalue weighted by Crippen LogP contribution is 2.47. The molecule has 3 fully saturated rings. The summed E-state index contributed by atoms with van der Waals surface area (Å²) in [7, 11) is 0. The zero-order chi connectivity index (χ0) is 31.6. The van der Waals surface area contributed by atoms with Gasteiger partial charge in [-0.25, -0.2) is 14.0 Å². The van der Waals surface area contributed by atoms with Gasteiger partial charge in [0, 0.05) is 84.2 Å². The zero-order valence-electron chi connectivity index (χ0n) is 26.4. The minimum absolute atomic E-state index is 0.000294. The third kappa shape index (κ3) is 7.56. The quantitative estimate of drug-likeness (QED) is 0.529. The monoisotopic (exact) mass is 582 g/mol. The fraction of sp³-hybridized carbons (Fsp3) is 0.548. The van der Waals surface area contributed by atoms with Crippen molar-refractivity contribution in [3.63, 3.8) is 0 Å². The standard InChI is InChI=1S/C31H41FN6O4/c1-31(2,3)42-30(41)38-15-13-36(14-16-38)24-8-11-37(12-9-24)29(40)34-20-22-6-7-23(17-27(22)32)35-28(39)26-18-25(26)21-5-4-10-33-19-21/h4-7,10,17,19,24-26H,8-9,11-16,18,20H2,1-3H3,(H,34,40)(H,35,39)/t25-,26+/m1/s1/i18D2. The topological polar surface area (TPSA) is 107 Å². The second kappa shape index (κ2) is 12.6. The van der Waals surface area contributed by atoms with E-state index >= 15 is 0 Å². The molecule has 1 saturated carbocycles. The average Bonchev–Trinajstić information content (AvgIpc) is 3.58. The van der Waals surface area contributed by atoms with E-state index in [9.17, 15) is 18.8 Å². The van der Waals surface area contributed by atoms with E-state index in [1.807, 2.05) is 20.8 Å². The normalized spacial score (nSPS) is 23.4. The van der Waals surface area contributed by atoms with E-state index in [0.29, 0.717) is 37.8 Å². The van der Waals surface area contributed by atoms with E-state index < -0.39 is 35.5 Å². The molecule has 2 N–H and O–H groups in total. The van der Waals surface area contributed by atoms with Crippen LogP contribution < -0.4 is 10.6 Å². The minimum atomic E-state index is -1.71. The molecule has 5 rings (SSSR count). The van der Waals surface area contributed by atoms with Gasteiger partial charge >= 0.3 is 12.1 Å².